The van der Waals surface area contributed by atoms with E-state index in [1.54, 1.807) is 0 Å². The number of carboxylic acid groups (broad SMARTS) is 1. The maximum Gasteiger partial charge on any atom is 0.317 e. The van der Waals surface area contributed by atoms with E-state index in [2.05, 4.69) is 0 Å². The van der Waals surface area contributed by atoms with Crippen LogP contribution in [-0.2, 0) is 4.79 Å². The van der Waals surface area contributed by atoms with Crippen molar-refractivity contribution in [2.45, 2.75) is 38.5 Å². The van der Waals surface area contributed by atoms with Crippen LogP contribution in [0.2, 0.25) is 0 Å². The molecule has 0 aromatic carbocycles. The second-order valence-corrected chi connectivity index (χ2v) is 4.35. The number of hydrogen-bond acceptors (Lipinski definition) is 2. The summed E-state index contributed by atoms with van der Waals surface area (Å²) in [5.74, 6) is -5.24. The maximum absolute atomic E-state index is 13.5. The quantitative estimate of drug-likeness (QED) is 0.761. The number of aliphatic carboxylic acids is 1. The third-order valence-corrected chi connectivity index (χ3v) is 3.54. The molecular formula is C10H17F2NO2. The smallest absolute Gasteiger partial charge is 0.317 e. The Kier molecular flexibility index (Phi) is 3.33. The van der Waals surface area contributed by atoms with E-state index in [1.165, 1.54) is 0 Å². The third kappa shape index (κ3) is 1.85. The molecule has 0 radical (unpaired) electrons. The fraction of sp³-hybridized carbons (Fsp3) is 0.900. The number of carboxylic acids is 1. The molecule has 1 aliphatic rings. The van der Waals surface area contributed by atoms with Crippen LogP contribution in [0.3, 0.4) is 0 Å². The summed E-state index contributed by atoms with van der Waals surface area (Å²) >= 11 is 0. The molecule has 1 unspecified atom stereocenters. The van der Waals surface area contributed by atoms with Crippen LogP contribution in [0.1, 0.15) is 32.6 Å². The predicted molar refractivity (Wildman–Crippen MR) is 51.7 cm³/mol. The SMILES string of the molecule is CC(F)(F)C(CN)(C(=O)O)C1CCCC1. The molecule has 1 saturated carbocycles. The van der Waals surface area contributed by atoms with Gasteiger partial charge in [0.1, 0.15) is 5.41 Å². The Bertz CT molecular complexity index is 246. The molecule has 5 heteroatoms. The van der Waals surface area contributed by atoms with Crippen molar-refractivity contribution in [3.05, 3.63) is 0 Å². The lowest BCUT2D eigenvalue weighted by Crippen LogP contribution is -2.55. The van der Waals surface area contributed by atoms with Crippen molar-refractivity contribution in [1.82, 2.24) is 0 Å². The summed E-state index contributed by atoms with van der Waals surface area (Å²) in [4.78, 5) is 11.1. The van der Waals surface area contributed by atoms with Gasteiger partial charge in [-0.25, -0.2) is 8.78 Å². The van der Waals surface area contributed by atoms with E-state index < -0.39 is 29.8 Å². The number of hydrogen-bond donors (Lipinski definition) is 2. The summed E-state index contributed by atoms with van der Waals surface area (Å²) in [5, 5.41) is 9.06. The molecule has 0 saturated heterocycles. The highest BCUT2D eigenvalue weighted by Crippen LogP contribution is 2.48. The normalized spacial score (nSPS) is 22.7. The first-order chi connectivity index (χ1) is 6.86. The zero-order valence-corrected chi connectivity index (χ0v) is 8.80. The minimum Gasteiger partial charge on any atom is -0.481 e. The topological polar surface area (TPSA) is 63.3 Å². The molecule has 0 spiro atoms. The van der Waals surface area contributed by atoms with Gasteiger partial charge in [-0.05, 0) is 18.8 Å². The molecule has 1 aliphatic carbocycles. The standard InChI is InChI=1S/C10H17F2NO2/c1-9(11,12)10(6-13,8(14)15)7-4-2-3-5-7/h7H,2-6,13H2,1H3,(H,14,15). The first-order valence-corrected chi connectivity index (χ1v) is 5.17. The van der Waals surface area contributed by atoms with Gasteiger partial charge in [0.25, 0.3) is 5.92 Å². The van der Waals surface area contributed by atoms with E-state index >= 15 is 0 Å². The van der Waals surface area contributed by atoms with Crippen LogP contribution in [0, 0.1) is 11.3 Å². The molecule has 1 rings (SSSR count). The average molecular weight is 221 g/mol. The zero-order valence-electron chi connectivity index (χ0n) is 8.80. The molecule has 0 amide bonds. The van der Waals surface area contributed by atoms with Crippen LogP contribution in [0.25, 0.3) is 0 Å². The van der Waals surface area contributed by atoms with Gasteiger partial charge in [-0.3, -0.25) is 4.79 Å². The predicted octanol–water partition coefficient (Wildman–Crippen LogP) is 1.86. The Labute approximate surface area is 87.6 Å². The van der Waals surface area contributed by atoms with E-state index in [0.717, 1.165) is 12.8 Å². The van der Waals surface area contributed by atoms with Gasteiger partial charge in [0, 0.05) is 13.5 Å². The first kappa shape index (κ1) is 12.4. The molecule has 15 heavy (non-hydrogen) atoms. The summed E-state index contributed by atoms with van der Waals surface area (Å²) in [7, 11) is 0. The highest BCUT2D eigenvalue weighted by molar-refractivity contribution is 5.77. The lowest BCUT2D eigenvalue weighted by Gasteiger charge is -2.38. The van der Waals surface area contributed by atoms with Crippen molar-refractivity contribution in [3.63, 3.8) is 0 Å². The highest BCUT2D eigenvalue weighted by atomic mass is 19.3. The zero-order chi connectivity index (χ0) is 11.7. The molecular weight excluding hydrogens is 204 g/mol. The van der Waals surface area contributed by atoms with Crippen molar-refractivity contribution < 1.29 is 18.7 Å². The lowest BCUT2D eigenvalue weighted by atomic mass is 9.70. The second kappa shape index (κ2) is 4.04. The number of halogens is 2. The summed E-state index contributed by atoms with van der Waals surface area (Å²) in [6.07, 6.45) is 2.70. The molecule has 0 aromatic heterocycles. The van der Waals surface area contributed by atoms with Gasteiger partial charge in [-0.2, -0.15) is 0 Å². The third-order valence-electron chi connectivity index (χ3n) is 3.54. The Morgan fingerprint density at radius 3 is 2.20 bits per heavy atom. The maximum atomic E-state index is 13.5. The van der Waals surface area contributed by atoms with E-state index in [0.29, 0.717) is 19.8 Å². The fourth-order valence-corrected chi connectivity index (χ4v) is 2.57. The van der Waals surface area contributed by atoms with Gasteiger partial charge >= 0.3 is 5.97 Å². The van der Waals surface area contributed by atoms with E-state index in [-0.39, 0.29) is 0 Å². The molecule has 0 aromatic rings. The van der Waals surface area contributed by atoms with E-state index in [1.807, 2.05) is 0 Å². The fourth-order valence-electron chi connectivity index (χ4n) is 2.57. The van der Waals surface area contributed by atoms with Crippen molar-refractivity contribution in [2.24, 2.45) is 17.1 Å². The van der Waals surface area contributed by atoms with Crippen molar-refractivity contribution in [3.8, 4) is 0 Å². The van der Waals surface area contributed by atoms with Crippen molar-refractivity contribution >= 4 is 5.97 Å². The van der Waals surface area contributed by atoms with Crippen LogP contribution in [-0.4, -0.2) is 23.5 Å². The summed E-state index contributed by atoms with van der Waals surface area (Å²) < 4.78 is 27.0. The van der Waals surface area contributed by atoms with Crippen LogP contribution in [0.4, 0.5) is 8.78 Å². The summed E-state index contributed by atoms with van der Waals surface area (Å²) in [6, 6.07) is 0. The highest BCUT2D eigenvalue weighted by Gasteiger charge is 2.60. The van der Waals surface area contributed by atoms with Crippen LogP contribution in [0.5, 0.6) is 0 Å². The molecule has 0 heterocycles. The molecule has 0 aliphatic heterocycles. The Balaban J connectivity index is 3.08. The van der Waals surface area contributed by atoms with Gasteiger partial charge in [0.2, 0.25) is 0 Å². The van der Waals surface area contributed by atoms with Gasteiger partial charge in [-0.15, -0.1) is 0 Å². The Morgan fingerprint density at radius 1 is 1.47 bits per heavy atom. The molecule has 1 atom stereocenters. The monoisotopic (exact) mass is 221 g/mol. The Morgan fingerprint density at radius 2 is 1.93 bits per heavy atom. The second-order valence-electron chi connectivity index (χ2n) is 4.35. The van der Waals surface area contributed by atoms with Crippen molar-refractivity contribution in [1.29, 1.82) is 0 Å². The lowest BCUT2D eigenvalue weighted by molar-refractivity contribution is -0.184. The van der Waals surface area contributed by atoms with Crippen LogP contribution >= 0.6 is 0 Å². The number of nitrogens with two attached hydrogens (primary N) is 1. The number of rotatable bonds is 4. The summed E-state index contributed by atoms with van der Waals surface area (Å²) in [6.45, 7) is 0.156. The molecule has 3 nitrogen and oxygen atoms in total. The summed E-state index contributed by atoms with van der Waals surface area (Å²) in [5.41, 5.74) is 3.23. The number of carbonyl (C=O) groups is 1. The van der Waals surface area contributed by atoms with Crippen LogP contribution in [0.15, 0.2) is 0 Å². The molecule has 0 bridgehead atoms. The van der Waals surface area contributed by atoms with E-state index in [4.69, 9.17) is 10.8 Å². The van der Waals surface area contributed by atoms with Gasteiger partial charge in [0.15, 0.2) is 0 Å². The van der Waals surface area contributed by atoms with E-state index in [9.17, 15) is 13.6 Å². The number of alkyl halides is 2. The van der Waals surface area contributed by atoms with Gasteiger partial charge < -0.3 is 10.8 Å². The average Bonchev–Trinajstić information content (AvgIpc) is 2.56. The largest absolute Gasteiger partial charge is 0.481 e. The first-order valence-electron chi connectivity index (χ1n) is 5.17. The minimum absolute atomic E-state index is 0.500. The Hall–Kier alpha value is -0.710. The molecule has 1 fully saturated rings. The minimum atomic E-state index is -3.28. The van der Waals surface area contributed by atoms with Gasteiger partial charge in [0.05, 0.1) is 0 Å². The van der Waals surface area contributed by atoms with Crippen LogP contribution < -0.4 is 5.73 Å². The van der Waals surface area contributed by atoms with Gasteiger partial charge in [-0.1, -0.05) is 12.8 Å². The van der Waals surface area contributed by atoms with Crippen molar-refractivity contribution in [2.75, 3.05) is 6.54 Å². The molecule has 3 N–H and O–H groups in total. The molecule has 88 valence electrons.